The van der Waals surface area contributed by atoms with E-state index in [4.69, 9.17) is 0 Å². The highest BCUT2D eigenvalue weighted by atomic mass is 35.5. The Kier molecular flexibility index (Phi) is 8.93. The maximum absolute atomic E-state index is 12.4. The normalized spacial score (nSPS) is 17.3. The van der Waals surface area contributed by atoms with Gasteiger partial charge in [-0.05, 0) is 31.4 Å². The van der Waals surface area contributed by atoms with Gasteiger partial charge >= 0.3 is 6.18 Å². The fourth-order valence-electron chi connectivity index (χ4n) is 3.22. The summed E-state index contributed by atoms with van der Waals surface area (Å²) >= 11 is 0. The van der Waals surface area contributed by atoms with Crippen molar-refractivity contribution >= 4 is 24.8 Å². The van der Waals surface area contributed by atoms with Gasteiger partial charge in [0.15, 0.2) is 0 Å². The minimum absolute atomic E-state index is 0. The molecule has 2 aromatic rings. The molecule has 1 fully saturated rings. The highest BCUT2D eigenvalue weighted by Crippen LogP contribution is 2.24. The zero-order valence-electron chi connectivity index (χ0n) is 14.3. The lowest BCUT2D eigenvalue weighted by atomic mass is 10.0. The third-order valence-electron chi connectivity index (χ3n) is 4.46. The summed E-state index contributed by atoms with van der Waals surface area (Å²) in [7, 11) is 0. The molecule has 26 heavy (non-hydrogen) atoms. The number of halogens is 5. The first-order chi connectivity index (χ1) is 11.5. The molecule has 2 heterocycles. The Labute approximate surface area is 164 Å². The second-order valence-electron chi connectivity index (χ2n) is 6.37. The highest BCUT2D eigenvalue weighted by molar-refractivity contribution is 5.85. The Morgan fingerprint density at radius 1 is 1.12 bits per heavy atom. The first-order valence-corrected chi connectivity index (χ1v) is 8.42. The lowest BCUT2D eigenvalue weighted by Gasteiger charge is -2.23. The summed E-state index contributed by atoms with van der Waals surface area (Å²) in [6.07, 6.45) is 3.37. The number of piperidine rings is 1. The van der Waals surface area contributed by atoms with Gasteiger partial charge in [-0.25, -0.2) is 4.98 Å². The van der Waals surface area contributed by atoms with E-state index in [2.05, 4.69) is 14.9 Å². The SMILES string of the molecule is Cl.Cl.FC(F)(F)Cc1ccc(-c2nccn2CCC2CCCCN2)cc1. The summed E-state index contributed by atoms with van der Waals surface area (Å²) in [6.45, 7) is 1.94. The van der Waals surface area contributed by atoms with Crippen LogP contribution in [0, 0.1) is 0 Å². The molecule has 1 aromatic carbocycles. The van der Waals surface area contributed by atoms with Gasteiger partial charge in [0.05, 0.1) is 6.42 Å². The molecule has 1 atom stereocenters. The van der Waals surface area contributed by atoms with Crippen LogP contribution in [-0.4, -0.2) is 28.3 Å². The average Bonchev–Trinajstić information content (AvgIpc) is 3.02. The Morgan fingerprint density at radius 2 is 1.85 bits per heavy atom. The molecule has 0 amide bonds. The van der Waals surface area contributed by atoms with Gasteiger partial charge in [-0.2, -0.15) is 13.2 Å². The van der Waals surface area contributed by atoms with E-state index in [1.54, 1.807) is 18.3 Å². The van der Waals surface area contributed by atoms with Crippen molar-refractivity contribution in [3.05, 3.63) is 42.2 Å². The fourth-order valence-corrected chi connectivity index (χ4v) is 3.22. The molecule has 0 bridgehead atoms. The van der Waals surface area contributed by atoms with E-state index in [0.29, 0.717) is 6.04 Å². The molecule has 0 spiro atoms. The largest absolute Gasteiger partial charge is 0.393 e. The molecule has 1 aromatic heterocycles. The van der Waals surface area contributed by atoms with Crippen molar-refractivity contribution in [3.63, 3.8) is 0 Å². The van der Waals surface area contributed by atoms with Gasteiger partial charge in [-0.1, -0.05) is 30.7 Å². The first kappa shape index (κ1) is 22.8. The molecule has 0 radical (unpaired) electrons. The van der Waals surface area contributed by atoms with Crippen molar-refractivity contribution in [2.24, 2.45) is 0 Å². The lowest BCUT2D eigenvalue weighted by molar-refractivity contribution is -0.127. The molecule has 1 N–H and O–H groups in total. The third-order valence-corrected chi connectivity index (χ3v) is 4.46. The van der Waals surface area contributed by atoms with Crippen LogP contribution in [0.2, 0.25) is 0 Å². The van der Waals surface area contributed by atoms with E-state index in [-0.39, 0.29) is 30.4 Å². The van der Waals surface area contributed by atoms with Crippen molar-refractivity contribution in [1.29, 1.82) is 0 Å². The van der Waals surface area contributed by atoms with Gasteiger partial charge in [0, 0.05) is 30.5 Å². The summed E-state index contributed by atoms with van der Waals surface area (Å²) in [5, 5.41) is 3.53. The maximum atomic E-state index is 12.4. The number of rotatable bonds is 5. The summed E-state index contributed by atoms with van der Waals surface area (Å²) in [6, 6.07) is 7.05. The number of benzene rings is 1. The van der Waals surface area contributed by atoms with Crippen molar-refractivity contribution in [3.8, 4) is 11.4 Å². The van der Waals surface area contributed by atoms with Crippen molar-refractivity contribution < 1.29 is 13.2 Å². The number of hydrogen-bond donors (Lipinski definition) is 1. The molecule has 1 saturated heterocycles. The van der Waals surface area contributed by atoms with Crippen LogP contribution in [-0.2, 0) is 13.0 Å². The molecule has 0 aliphatic carbocycles. The molecule has 1 aliphatic rings. The smallest absolute Gasteiger partial charge is 0.331 e. The Bertz CT molecular complexity index is 650. The Morgan fingerprint density at radius 3 is 2.46 bits per heavy atom. The number of nitrogens with one attached hydrogen (secondary N) is 1. The average molecular weight is 410 g/mol. The van der Waals surface area contributed by atoms with Crippen LogP contribution in [0.4, 0.5) is 13.2 Å². The van der Waals surface area contributed by atoms with Crippen LogP contribution < -0.4 is 5.32 Å². The van der Waals surface area contributed by atoms with E-state index in [0.717, 1.165) is 30.9 Å². The van der Waals surface area contributed by atoms with Crippen molar-refractivity contribution in [2.75, 3.05) is 6.54 Å². The number of imidazole rings is 1. The molecule has 1 aliphatic heterocycles. The van der Waals surface area contributed by atoms with Crippen LogP contribution in [0.5, 0.6) is 0 Å². The minimum Gasteiger partial charge on any atom is -0.331 e. The molecule has 3 rings (SSSR count). The number of aryl methyl sites for hydroxylation is 1. The first-order valence-electron chi connectivity index (χ1n) is 8.42. The van der Waals surface area contributed by atoms with Crippen molar-refractivity contribution in [2.45, 2.75) is 50.9 Å². The van der Waals surface area contributed by atoms with Gasteiger partial charge in [0.25, 0.3) is 0 Å². The number of nitrogens with zero attached hydrogens (tertiary/aromatic N) is 2. The molecule has 0 saturated carbocycles. The number of alkyl halides is 3. The van der Waals surface area contributed by atoms with Gasteiger partial charge in [0.1, 0.15) is 5.82 Å². The lowest BCUT2D eigenvalue weighted by Crippen LogP contribution is -2.34. The quantitative estimate of drug-likeness (QED) is 0.750. The van der Waals surface area contributed by atoms with E-state index < -0.39 is 12.6 Å². The van der Waals surface area contributed by atoms with Gasteiger partial charge in [-0.3, -0.25) is 0 Å². The van der Waals surface area contributed by atoms with E-state index in [1.165, 1.54) is 31.4 Å². The van der Waals surface area contributed by atoms with Gasteiger partial charge in [0.2, 0.25) is 0 Å². The predicted molar refractivity (Wildman–Crippen MR) is 102 cm³/mol. The predicted octanol–water partition coefficient (Wildman–Crippen LogP) is 5.03. The van der Waals surface area contributed by atoms with E-state index in [9.17, 15) is 13.2 Å². The zero-order valence-corrected chi connectivity index (χ0v) is 16.0. The summed E-state index contributed by atoms with van der Waals surface area (Å²) in [5.41, 5.74) is 1.12. The number of hydrogen-bond acceptors (Lipinski definition) is 2. The number of aromatic nitrogens is 2. The highest BCUT2D eigenvalue weighted by Gasteiger charge is 2.27. The van der Waals surface area contributed by atoms with E-state index in [1.807, 2.05) is 6.20 Å². The van der Waals surface area contributed by atoms with Crippen LogP contribution in [0.15, 0.2) is 36.7 Å². The van der Waals surface area contributed by atoms with Crippen LogP contribution in [0.1, 0.15) is 31.2 Å². The second kappa shape index (κ2) is 10.2. The van der Waals surface area contributed by atoms with Crippen LogP contribution in [0.25, 0.3) is 11.4 Å². The Balaban J connectivity index is 0.00000169. The fraction of sp³-hybridized carbons (Fsp3) is 0.500. The summed E-state index contributed by atoms with van der Waals surface area (Å²) in [4.78, 5) is 4.37. The monoisotopic (exact) mass is 409 g/mol. The topological polar surface area (TPSA) is 29.9 Å². The summed E-state index contributed by atoms with van der Waals surface area (Å²) in [5.74, 6) is 0.810. The maximum Gasteiger partial charge on any atom is 0.393 e. The third kappa shape index (κ3) is 6.49. The Hall–Kier alpha value is -1.24. The molecule has 146 valence electrons. The molecule has 3 nitrogen and oxygen atoms in total. The van der Waals surface area contributed by atoms with Gasteiger partial charge in [-0.15, -0.1) is 24.8 Å². The molecular weight excluding hydrogens is 386 g/mol. The molecule has 1 unspecified atom stereocenters. The zero-order chi connectivity index (χ0) is 17.0. The molecule has 8 heteroatoms. The van der Waals surface area contributed by atoms with Crippen LogP contribution in [0.3, 0.4) is 0 Å². The van der Waals surface area contributed by atoms with E-state index >= 15 is 0 Å². The summed E-state index contributed by atoms with van der Waals surface area (Å²) < 4.78 is 39.4. The second-order valence-corrected chi connectivity index (χ2v) is 6.37. The van der Waals surface area contributed by atoms with Crippen molar-refractivity contribution in [1.82, 2.24) is 14.9 Å². The molecular formula is C18H24Cl2F3N3. The standard InChI is InChI=1S/C18H22F3N3.2ClH/c19-18(20,21)13-14-4-6-15(7-5-14)17-23-10-12-24(17)11-8-16-3-1-2-9-22-16;;/h4-7,10,12,16,22H,1-3,8-9,11,13H2;2*1H. The minimum atomic E-state index is -4.17. The van der Waals surface area contributed by atoms with Crippen LogP contribution >= 0.6 is 24.8 Å². The van der Waals surface area contributed by atoms with Gasteiger partial charge < -0.3 is 9.88 Å².